The summed E-state index contributed by atoms with van der Waals surface area (Å²) >= 11 is 1.46. The Hall–Kier alpha value is -1.63. The number of anilines is 1. The van der Waals surface area contributed by atoms with Crippen molar-refractivity contribution in [3.8, 4) is 0 Å². The SMILES string of the molecule is CCOC(=O)C1CCCN(C(=O)CNc2nccs2)C1. The fourth-order valence-corrected chi connectivity index (χ4v) is 2.76. The summed E-state index contributed by atoms with van der Waals surface area (Å²) in [6.45, 7) is 3.55. The standard InChI is InChI=1S/C13H19N3O3S/c1-2-19-12(18)10-4-3-6-16(9-10)11(17)8-15-13-14-5-7-20-13/h5,7,10H,2-4,6,8-9H2,1H3,(H,14,15). The molecular formula is C13H19N3O3S. The van der Waals surface area contributed by atoms with Crippen molar-refractivity contribution < 1.29 is 14.3 Å². The molecule has 2 heterocycles. The molecule has 1 saturated heterocycles. The van der Waals surface area contributed by atoms with Gasteiger partial charge < -0.3 is 15.0 Å². The molecule has 1 fully saturated rings. The zero-order valence-corrected chi connectivity index (χ0v) is 12.3. The molecule has 0 aromatic carbocycles. The second-order valence-corrected chi connectivity index (χ2v) is 5.52. The molecule has 1 atom stereocenters. The molecule has 7 heteroatoms. The Bertz CT molecular complexity index is 450. The first kappa shape index (κ1) is 14.8. The molecule has 110 valence electrons. The molecule has 1 aliphatic heterocycles. The molecule has 6 nitrogen and oxygen atoms in total. The molecule has 0 saturated carbocycles. The summed E-state index contributed by atoms with van der Waals surface area (Å²) in [4.78, 5) is 29.6. The van der Waals surface area contributed by atoms with Crippen LogP contribution in [0.2, 0.25) is 0 Å². The number of hydrogen-bond donors (Lipinski definition) is 1. The molecule has 1 unspecified atom stereocenters. The molecule has 1 aliphatic rings. The van der Waals surface area contributed by atoms with Gasteiger partial charge in [0.1, 0.15) is 0 Å². The van der Waals surface area contributed by atoms with Crippen LogP contribution in [0.3, 0.4) is 0 Å². The number of nitrogens with one attached hydrogen (secondary N) is 1. The van der Waals surface area contributed by atoms with Crippen LogP contribution in [0.1, 0.15) is 19.8 Å². The largest absolute Gasteiger partial charge is 0.466 e. The Labute approximate surface area is 122 Å². The van der Waals surface area contributed by atoms with Gasteiger partial charge in [-0.25, -0.2) is 4.98 Å². The Morgan fingerprint density at radius 3 is 3.15 bits per heavy atom. The van der Waals surface area contributed by atoms with Crippen molar-refractivity contribution >= 4 is 28.3 Å². The normalized spacial score (nSPS) is 18.6. The minimum atomic E-state index is -0.196. The van der Waals surface area contributed by atoms with Crippen LogP contribution in [0, 0.1) is 5.92 Å². The van der Waals surface area contributed by atoms with Crippen LogP contribution in [0.4, 0.5) is 5.13 Å². The van der Waals surface area contributed by atoms with E-state index < -0.39 is 0 Å². The van der Waals surface area contributed by atoms with E-state index in [1.54, 1.807) is 18.0 Å². The molecule has 0 spiro atoms. The van der Waals surface area contributed by atoms with Gasteiger partial charge in [-0.3, -0.25) is 9.59 Å². The van der Waals surface area contributed by atoms with Gasteiger partial charge in [0.25, 0.3) is 0 Å². The lowest BCUT2D eigenvalue weighted by Crippen LogP contribution is -2.44. The van der Waals surface area contributed by atoms with Crippen LogP contribution in [0.15, 0.2) is 11.6 Å². The monoisotopic (exact) mass is 297 g/mol. The molecule has 1 amide bonds. The van der Waals surface area contributed by atoms with Crippen LogP contribution in [-0.4, -0.2) is 48.0 Å². The number of ether oxygens (including phenoxy) is 1. The second-order valence-electron chi connectivity index (χ2n) is 4.62. The zero-order chi connectivity index (χ0) is 14.4. The number of carbonyl (C=O) groups is 2. The summed E-state index contributed by atoms with van der Waals surface area (Å²) in [5.41, 5.74) is 0. The summed E-state index contributed by atoms with van der Waals surface area (Å²) in [7, 11) is 0. The van der Waals surface area contributed by atoms with Gasteiger partial charge >= 0.3 is 5.97 Å². The summed E-state index contributed by atoms with van der Waals surface area (Å²) in [5, 5.41) is 5.58. The molecule has 0 aliphatic carbocycles. The smallest absolute Gasteiger partial charge is 0.310 e. The topological polar surface area (TPSA) is 71.5 Å². The van der Waals surface area contributed by atoms with Crippen molar-refractivity contribution in [2.45, 2.75) is 19.8 Å². The third-order valence-electron chi connectivity index (χ3n) is 3.22. The Balaban J connectivity index is 1.81. The van der Waals surface area contributed by atoms with Gasteiger partial charge in [-0.1, -0.05) is 0 Å². The van der Waals surface area contributed by atoms with Crippen molar-refractivity contribution in [2.24, 2.45) is 5.92 Å². The second kappa shape index (κ2) is 7.23. The number of piperidine rings is 1. The number of aromatic nitrogens is 1. The van der Waals surface area contributed by atoms with Gasteiger partial charge in [-0.2, -0.15) is 0 Å². The molecule has 1 aromatic rings. The number of likely N-dealkylation sites (tertiary alicyclic amines) is 1. The number of nitrogens with zero attached hydrogens (tertiary/aromatic N) is 2. The van der Waals surface area contributed by atoms with Gasteiger partial charge in [0.05, 0.1) is 19.1 Å². The maximum absolute atomic E-state index is 12.1. The minimum absolute atomic E-state index is 0.00537. The minimum Gasteiger partial charge on any atom is -0.466 e. The van der Waals surface area contributed by atoms with Crippen LogP contribution >= 0.6 is 11.3 Å². The first-order chi connectivity index (χ1) is 9.70. The van der Waals surface area contributed by atoms with E-state index in [1.165, 1.54) is 11.3 Å². The molecule has 1 aromatic heterocycles. The predicted octanol–water partition coefficient (Wildman–Crippen LogP) is 1.36. The molecule has 20 heavy (non-hydrogen) atoms. The summed E-state index contributed by atoms with van der Waals surface area (Å²) < 4.78 is 5.03. The first-order valence-electron chi connectivity index (χ1n) is 6.78. The Morgan fingerprint density at radius 2 is 2.45 bits per heavy atom. The molecule has 0 bridgehead atoms. The van der Waals surface area contributed by atoms with Crippen molar-refractivity contribution in [2.75, 3.05) is 31.6 Å². The van der Waals surface area contributed by atoms with E-state index in [0.717, 1.165) is 18.0 Å². The van der Waals surface area contributed by atoms with E-state index >= 15 is 0 Å². The number of rotatable bonds is 5. The van der Waals surface area contributed by atoms with Crippen molar-refractivity contribution in [1.29, 1.82) is 0 Å². The fourth-order valence-electron chi connectivity index (χ4n) is 2.23. The number of thiazole rings is 1. The Morgan fingerprint density at radius 1 is 1.60 bits per heavy atom. The summed E-state index contributed by atoms with van der Waals surface area (Å²) in [6.07, 6.45) is 3.32. The maximum atomic E-state index is 12.1. The lowest BCUT2D eigenvalue weighted by Gasteiger charge is -2.31. The highest BCUT2D eigenvalue weighted by atomic mass is 32.1. The quantitative estimate of drug-likeness (QED) is 0.831. The number of hydrogen-bond acceptors (Lipinski definition) is 6. The maximum Gasteiger partial charge on any atom is 0.310 e. The molecule has 0 radical (unpaired) electrons. The van der Waals surface area contributed by atoms with Gasteiger partial charge in [-0.05, 0) is 19.8 Å². The highest BCUT2D eigenvalue weighted by Gasteiger charge is 2.29. The summed E-state index contributed by atoms with van der Waals surface area (Å²) in [6, 6.07) is 0. The highest BCUT2D eigenvalue weighted by Crippen LogP contribution is 2.18. The van der Waals surface area contributed by atoms with E-state index in [9.17, 15) is 9.59 Å². The van der Waals surface area contributed by atoms with Gasteiger partial charge in [0, 0.05) is 24.7 Å². The van der Waals surface area contributed by atoms with Gasteiger partial charge in [0.15, 0.2) is 5.13 Å². The van der Waals surface area contributed by atoms with E-state index in [-0.39, 0.29) is 24.3 Å². The van der Waals surface area contributed by atoms with Crippen LogP contribution in [-0.2, 0) is 14.3 Å². The van der Waals surface area contributed by atoms with Gasteiger partial charge in [-0.15, -0.1) is 11.3 Å². The van der Waals surface area contributed by atoms with Crippen LogP contribution in [0.5, 0.6) is 0 Å². The number of amides is 1. The average Bonchev–Trinajstić information content (AvgIpc) is 2.98. The van der Waals surface area contributed by atoms with E-state index in [0.29, 0.717) is 19.7 Å². The van der Waals surface area contributed by atoms with Crippen molar-refractivity contribution in [1.82, 2.24) is 9.88 Å². The lowest BCUT2D eigenvalue weighted by molar-refractivity contribution is -0.151. The Kier molecular flexibility index (Phi) is 5.34. The summed E-state index contributed by atoms with van der Waals surface area (Å²) in [5.74, 6) is -0.389. The highest BCUT2D eigenvalue weighted by molar-refractivity contribution is 7.13. The lowest BCUT2D eigenvalue weighted by atomic mass is 9.98. The third-order valence-corrected chi connectivity index (χ3v) is 3.95. The third kappa shape index (κ3) is 3.93. The first-order valence-corrected chi connectivity index (χ1v) is 7.66. The molecule has 2 rings (SSSR count). The van der Waals surface area contributed by atoms with E-state index in [2.05, 4.69) is 10.3 Å². The van der Waals surface area contributed by atoms with Crippen molar-refractivity contribution in [3.63, 3.8) is 0 Å². The fraction of sp³-hybridized carbons (Fsp3) is 0.615. The molecular weight excluding hydrogens is 278 g/mol. The number of esters is 1. The van der Waals surface area contributed by atoms with E-state index in [4.69, 9.17) is 4.74 Å². The van der Waals surface area contributed by atoms with E-state index in [1.807, 2.05) is 5.38 Å². The average molecular weight is 297 g/mol. The van der Waals surface area contributed by atoms with Crippen LogP contribution < -0.4 is 5.32 Å². The molecule has 1 N–H and O–H groups in total. The predicted molar refractivity (Wildman–Crippen MR) is 76.5 cm³/mol. The number of carbonyl (C=O) groups excluding carboxylic acids is 2. The van der Waals surface area contributed by atoms with Gasteiger partial charge in [0.2, 0.25) is 5.91 Å². The van der Waals surface area contributed by atoms with Crippen LogP contribution in [0.25, 0.3) is 0 Å². The van der Waals surface area contributed by atoms with Crippen molar-refractivity contribution in [3.05, 3.63) is 11.6 Å². The zero-order valence-electron chi connectivity index (χ0n) is 11.5.